The summed E-state index contributed by atoms with van der Waals surface area (Å²) in [6.07, 6.45) is 4.24. The molecule has 2 aromatic carbocycles. The van der Waals surface area contributed by atoms with Gasteiger partial charge in [-0.15, -0.1) is 0 Å². The minimum absolute atomic E-state index is 0.0494. The maximum Gasteiger partial charge on any atom is 0.306 e. The monoisotopic (exact) mass is 497 g/mol. The lowest BCUT2D eigenvalue weighted by molar-refractivity contribution is -0.143. The van der Waals surface area contributed by atoms with E-state index in [-0.39, 0.29) is 42.3 Å². The molecule has 2 amide bonds. The SMILES string of the molecule is O=C(NCCNC(=O)c1ccc(OC2CCC(C(=O)O)CC2)c(F)c1)c1ccc(N2CCCC2)cc1. The molecular weight excluding hydrogens is 465 g/mol. The Kier molecular flexibility index (Phi) is 8.40. The Labute approximate surface area is 209 Å². The number of carboxylic acid groups (broad SMARTS) is 1. The van der Waals surface area contributed by atoms with E-state index in [9.17, 15) is 18.8 Å². The highest BCUT2D eigenvalue weighted by Crippen LogP contribution is 2.29. The summed E-state index contributed by atoms with van der Waals surface area (Å²) in [6, 6.07) is 11.5. The van der Waals surface area contributed by atoms with E-state index >= 15 is 0 Å². The molecule has 9 heteroatoms. The van der Waals surface area contributed by atoms with Crippen molar-refractivity contribution in [1.82, 2.24) is 10.6 Å². The molecule has 1 aliphatic heterocycles. The van der Waals surface area contributed by atoms with Crippen molar-refractivity contribution in [2.24, 2.45) is 5.92 Å². The van der Waals surface area contributed by atoms with Crippen LogP contribution in [0.15, 0.2) is 42.5 Å². The van der Waals surface area contributed by atoms with Gasteiger partial charge in [-0.25, -0.2) is 4.39 Å². The molecule has 2 aromatic rings. The van der Waals surface area contributed by atoms with Crippen LogP contribution in [0.2, 0.25) is 0 Å². The number of halogens is 1. The van der Waals surface area contributed by atoms with Crippen LogP contribution < -0.4 is 20.3 Å². The Bertz CT molecular complexity index is 1080. The number of nitrogens with one attached hydrogen (secondary N) is 2. The first-order valence-corrected chi connectivity index (χ1v) is 12.5. The van der Waals surface area contributed by atoms with E-state index in [0.717, 1.165) is 24.8 Å². The molecule has 1 saturated heterocycles. The predicted molar refractivity (Wildman–Crippen MR) is 133 cm³/mol. The molecule has 0 atom stereocenters. The third-order valence-electron chi connectivity index (χ3n) is 6.81. The van der Waals surface area contributed by atoms with Gasteiger partial charge in [-0.1, -0.05) is 0 Å². The topological polar surface area (TPSA) is 108 Å². The van der Waals surface area contributed by atoms with Crippen LogP contribution in [0.1, 0.15) is 59.2 Å². The number of carbonyl (C=O) groups is 3. The fourth-order valence-electron chi connectivity index (χ4n) is 4.70. The molecule has 2 fully saturated rings. The summed E-state index contributed by atoms with van der Waals surface area (Å²) in [4.78, 5) is 38.1. The molecule has 0 bridgehead atoms. The fraction of sp³-hybridized carbons (Fsp3) is 0.444. The molecule has 8 nitrogen and oxygen atoms in total. The van der Waals surface area contributed by atoms with Gasteiger partial charge in [-0.2, -0.15) is 0 Å². The summed E-state index contributed by atoms with van der Waals surface area (Å²) in [5.74, 6) is -2.44. The molecule has 0 spiro atoms. The lowest BCUT2D eigenvalue weighted by Gasteiger charge is -2.27. The molecule has 2 aliphatic rings. The van der Waals surface area contributed by atoms with Gasteiger partial charge in [0, 0.05) is 43.0 Å². The van der Waals surface area contributed by atoms with E-state index < -0.39 is 17.7 Å². The van der Waals surface area contributed by atoms with Gasteiger partial charge < -0.3 is 25.4 Å². The van der Waals surface area contributed by atoms with E-state index in [1.165, 1.54) is 25.0 Å². The third kappa shape index (κ3) is 6.53. The Morgan fingerprint density at radius 3 is 2.06 bits per heavy atom. The molecule has 0 aromatic heterocycles. The largest absolute Gasteiger partial charge is 0.487 e. The van der Waals surface area contributed by atoms with E-state index in [4.69, 9.17) is 9.84 Å². The van der Waals surface area contributed by atoms with Crippen LogP contribution >= 0.6 is 0 Å². The number of aliphatic carboxylic acids is 1. The van der Waals surface area contributed by atoms with E-state index in [2.05, 4.69) is 15.5 Å². The first-order chi connectivity index (χ1) is 17.4. The third-order valence-corrected chi connectivity index (χ3v) is 6.81. The highest BCUT2D eigenvalue weighted by Gasteiger charge is 2.27. The minimum Gasteiger partial charge on any atom is -0.487 e. The number of carboxylic acids is 1. The van der Waals surface area contributed by atoms with Crippen molar-refractivity contribution in [2.45, 2.75) is 44.6 Å². The molecule has 192 valence electrons. The van der Waals surface area contributed by atoms with Crippen molar-refractivity contribution < 1.29 is 28.6 Å². The number of benzene rings is 2. The number of ether oxygens (including phenoxy) is 1. The number of hydrogen-bond acceptors (Lipinski definition) is 5. The first kappa shape index (κ1) is 25.5. The van der Waals surface area contributed by atoms with E-state index in [0.29, 0.717) is 31.2 Å². The molecule has 1 heterocycles. The van der Waals surface area contributed by atoms with Crippen molar-refractivity contribution in [3.05, 3.63) is 59.4 Å². The Morgan fingerprint density at radius 2 is 1.47 bits per heavy atom. The fourth-order valence-corrected chi connectivity index (χ4v) is 4.70. The van der Waals surface area contributed by atoms with Crippen LogP contribution in [0, 0.1) is 11.7 Å². The molecule has 0 unspecified atom stereocenters. The average Bonchev–Trinajstić information content (AvgIpc) is 3.43. The smallest absolute Gasteiger partial charge is 0.306 e. The summed E-state index contributed by atoms with van der Waals surface area (Å²) in [6.45, 7) is 2.52. The van der Waals surface area contributed by atoms with E-state index in [1.807, 2.05) is 12.1 Å². The van der Waals surface area contributed by atoms with Crippen molar-refractivity contribution in [2.75, 3.05) is 31.1 Å². The van der Waals surface area contributed by atoms with Crippen LogP contribution in [0.25, 0.3) is 0 Å². The predicted octanol–water partition coefficient (Wildman–Crippen LogP) is 3.61. The zero-order chi connectivity index (χ0) is 25.5. The van der Waals surface area contributed by atoms with E-state index in [1.54, 1.807) is 12.1 Å². The first-order valence-electron chi connectivity index (χ1n) is 12.5. The number of hydrogen-bond donors (Lipinski definition) is 3. The zero-order valence-electron chi connectivity index (χ0n) is 20.2. The Morgan fingerprint density at radius 1 is 0.889 bits per heavy atom. The summed E-state index contributed by atoms with van der Waals surface area (Å²) in [7, 11) is 0. The quantitative estimate of drug-likeness (QED) is 0.457. The van der Waals surface area contributed by atoms with Crippen LogP contribution in [0.4, 0.5) is 10.1 Å². The van der Waals surface area contributed by atoms with Gasteiger partial charge in [0.15, 0.2) is 11.6 Å². The summed E-state index contributed by atoms with van der Waals surface area (Å²) >= 11 is 0. The number of anilines is 1. The number of amides is 2. The summed E-state index contributed by atoms with van der Waals surface area (Å²) in [5.41, 5.74) is 1.82. The van der Waals surface area contributed by atoms with Gasteiger partial charge in [0.05, 0.1) is 12.0 Å². The van der Waals surface area contributed by atoms with Crippen molar-refractivity contribution in [3.8, 4) is 5.75 Å². The molecule has 4 rings (SSSR count). The summed E-state index contributed by atoms with van der Waals surface area (Å²) < 4.78 is 20.2. The Balaban J connectivity index is 1.19. The lowest BCUT2D eigenvalue weighted by Crippen LogP contribution is -2.34. The van der Waals surface area contributed by atoms with Gasteiger partial charge in [-0.05, 0) is 81.0 Å². The molecule has 0 radical (unpaired) electrons. The number of nitrogens with zero attached hydrogens (tertiary/aromatic N) is 1. The van der Waals surface area contributed by atoms with Crippen LogP contribution in [0.3, 0.4) is 0 Å². The summed E-state index contributed by atoms with van der Waals surface area (Å²) in [5, 5.41) is 14.5. The van der Waals surface area contributed by atoms with Crippen LogP contribution in [-0.2, 0) is 4.79 Å². The van der Waals surface area contributed by atoms with Gasteiger partial charge in [0.2, 0.25) is 0 Å². The molecular formula is C27H32FN3O5. The van der Waals surface area contributed by atoms with Gasteiger partial charge in [0.25, 0.3) is 11.8 Å². The lowest BCUT2D eigenvalue weighted by atomic mass is 9.87. The number of carbonyl (C=O) groups excluding carboxylic acids is 2. The standard InChI is InChI=1S/C27H32FN3O5/c28-23-17-20(7-12-24(23)36-22-10-5-19(6-11-22)27(34)35)26(33)30-14-13-29-25(32)18-3-8-21(9-4-18)31-15-1-2-16-31/h3-4,7-9,12,17,19,22H,1-2,5-6,10-11,13-16H2,(H,29,32)(H,30,33)(H,34,35). The molecule has 1 aliphatic carbocycles. The maximum atomic E-state index is 14.5. The number of rotatable bonds is 9. The minimum atomic E-state index is -0.805. The van der Waals surface area contributed by atoms with Gasteiger partial charge in [0.1, 0.15) is 0 Å². The second-order valence-electron chi connectivity index (χ2n) is 9.33. The molecule has 36 heavy (non-hydrogen) atoms. The second kappa shape index (κ2) is 11.9. The Hall–Kier alpha value is -3.62. The highest BCUT2D eigenvalue weighted by molar-refractivity contribution is 5.95. The van der Waals surface area contributed by atoms with Crippen molar-refractivity contribution in [3.63, 3.8) is 0 Å². The van der Waals surface area contributed by atoms with Crippen molar-refractivity contribution >= 4 is 23.5 Å². The second-order valence-corrected chi connectivity index (χ2v) is 9.33. The normalized spacial score (nSPS) is 19.5. The molecule has 1 saturated carbocycles. The highest BCUT2D eigenvalue weighted by atomic mass is 19.1. The van der Waals surface area contributed by atoms with Crippen LogP contribution in [0.5, 0.6) is 5.75 Å². The van der Waals surface area contributed by atoms with Crippen LogP contribution in [-0.4, -0.2) is 55.2 Å². The van der Waals surface area contributed by atoms with Gasteiger partial charge >= 0.3 is 5.97 Å². The molecule has 3 N–H and O–H groups in total. The average molecular weight is 498 g/mol. The zero-order valence-corrected chi connectivity index (χ0v) is 20.2. The van der Waals surface area contributed by atoms with Gasteiger partial charge in [-0.3, -0.25) is 14.4 Å². The maximum absolute atomic E-state index is 14.5. The van der Waals surface area contributed by atoms with Crippen molar-refractivity contribution in [1.29, 1.82) is 0 Å².